The first-order valence-corrected chi connectivity index (χ1v) is 6.80. The van der Waals surface area contributed by atoms with Gasteiger partial charge < -0.3 is 20.1 Å². The van der Waals surface area contributed by atoms with E-state index in [4.69, 9.17) is 9.84 Å². The van der Waals surface area contributed by atoms with Crippen LogP contribution in [0, 0.1) is 0 Å². The molecule has 0 spiro atoms. The Morgan fingerprint density at radius 3 is 3.14 bits per heavy atom. The Hall–Kier alpha value is -2.16. The number of carbonyl (C=O) groups is 2. The van der Waals surface area contributed by atoms with Gasteiger partial charge >= 0.3 is 12.0 Å². The standard InChI is InChI=1S/C12H19N5O4/c1-9-6-16(3-2-4-21-9)12(20)13-5-10-7-17(15-14-10)8-11(18)19/h7,9H,2-6,8H2,1H3,(H,13,20)(H,18,19). The number of aliphatic carboxylic acids is 1. The Bertz CT molecular complexity index is 504. The lowest BCUT2D eigenvalue weighted by atomic mass is 10.3. The lowest BCUT2D eigenvalue weighted by molar-refractivity contribution is -0.137. The summed E-state index contributed by atoms with van der Waals surface area (Å²) in [5.74, 6) is -0.992. The minimum absolute atomic E-state index is 0.0229. The third-order valence-corrected chi connectivity index (χ3v) is 3.04. The molecule has 1 aromatic heterocycles. The number of hydrogen-bond donors (Lipinski definition) is 2. The van der Waals surface area contributed by atoms with Gasteiger partial charge in [0.25, 0.3) is 0 Å². The molecule has 9 nitrogen and oxygen atoms in total. The van der Waals surface area contributed by atoms with Gasteiger partial charge in [-0.2, -0.15) is 0 Å². The summed E-state index contributed by atoms with van der Waals surface area (Å²) >= 11 is 0. The van der Waals surface area contributed by atoms with Crippen molar-refractivity contribution in [2.75, 3.05) is 19.7 Å². The van der Waals surface area contributed by atoms with Crippen molar-refractivity contribution >= 4 is 12.0 Å². The van der Waals surface area contributed by atoms with E-state index in [2.05, 4.69) is 15.6 Å². The van der Waals surface area contributed by atoms with E-state index in [1.165, 1.54) is 10.9 Å². The highest BCUT2D eigenvalue weighted by Gasteiger charge is 2.19. The number of rotatable bonds is 4. The van der Waals surface area contributed by atoms with Crippen LogP contribution in [-0.2, 0) is 22.6 Å². The fourth-order valence-electron chi connectivity index (χ4n) is 2.09. The number of urea groups is 1. The van der Waals surface area contributed by atoms with Gasteiger partial charge in [-0.1, -0.05) is 5.21 Å². The molecular weight excluding hydrogens is 278 g/mol. The molecule has 2 amide bonds. The average molecular weight is 297 g/mol. The normalized spacial score (nSPS) is 19.1. The Morgan fingerprint density at radius 1 is 1.57 bits per heavy atom. The van der Waals surface area contributed by atoms with Crippen LogP contribution in [0.25, 0.3) is 0 Å². The molecule has 2 rings (SSSR count). The fraction of sp³-hybridized carbons (Fsp3) is 0.667. The quantitative estimate of drug-likeness (QED) is 0.788. The molecule has 1 unspecified atom stereocenters. The largest absolute Gasteiger partial charge is 0.480 e. The maximum absolute atomic E-state index is 12.1. The first-order chi connectivity index (χ1) is 10.0. The third-order valence-electron chi connectivity index (χ3n) is 3.04. The molecule has 2 heterocycles. The summed E-state index contributed by atoms with van der Waals surface area (Å²) < 4.78 is 6.70. The minimum Gasteiger partial charge on any atom is -0.480 e. The Balaban J connectivity index is 1.82. The van der Waals surface area contributed by atoms with Crippen LogP contribution in [-0.4, -0.2) is 62.8 Å². The summed E-state index contributed by atoms with van der Waals surface area (Å²) in [7, 11) is 0. The molecule has 0 radical (unpaired) electrons. The van der Waals surface area contributed by atoms with E-state index >= 15 is 0 Å². The van der Waals surface area contributed by atoms with Crippen molar-refractivity contribution in [1.82, 2.24) is 25.2 Å². The van der Waals surface area contributed by atoms with Gasteiger partial charge in [0.05, 0.1) is 18.8 Å². The summed E-state index contributed by atoms with van der Waals surface area (Å²) in [6.45, 7) is 3.77. The number of hydrogen-bond acceptors (Lipinski definition) is 5. The van der Waals surface area contributed by atoms with Gasteiger partial charge in [0.1, 0.15) is 12.2 Å². The second-order valence-corrected chi connectivity index (χ2v) is 4.94. The van der Waals surface area contributed by atoms with E-state index in [0.29, 0.717) is 25.4 Å². The van der Waals surface area contributed by atoms with Crippen LogP contribution in [0.3, 0.4) is 0 Å². The molecule has 0 aliphatic carbocycles. The molecule has 116 valence electrons. The lowest BCUT2D eigenvalue weighted by Crippen LogP contribution is -2.42. The lowest BCUT2D eigenvalue weighted by Gasteiger charge is -2.22. The van der Waals surface area contributed by atoms with Crippen molar-refractivity contribution in [3.05, 3.63) is 11.9 Å². The summed E-state index contributed by atoms with van der Waals surface area (Å²) in [4.78, 5) is 24.3. The zero-order valence-electron chi connectivity index (χ0n) is 11.9. The number of carbonyl (C=O) groups excluding carboxylic acids is 1. The van der Waals surface area contributed by atoms with Gasteiger partial charge in [-0.3, -0.25) is 4.79 Å². The average Bonchev–Trinajstić information content (AvgIpc) is 2.74. The van der Waals surface area contributed by atoms with Crippen LogP contribution in [0.2, 0.25) is 0 Å². The number of carboxylic acid groups (broad SMARTS) is 1. The molecule has 21 heavy (non-hydrogen) atoms. The van der Waals surface area contributed by atoms with Crippen molar-refractivity contribution in [1.29, 1.82) is 0 Å². The van der Waals surface area contributed by atoms with E-state index in [9.17, 15) is 9.59 Å². The van der Waals surface area contributed by atoms with Crippen LogP contribution in [0.4, 0.5) is 4.79 Å². The monoisotopic (exact) mass is 297 g/mol. The summed E-state index contributed by atoms with van der Waals surface area (Å²) in [5, 5.41) is 18.9. The molecule has 1 saturated heterocycles. The summed E-state index contributed by atoms with van der Waals surface area (Å²) in [6, 6.07) is -0.180. The van der Waals surface area contributed by atoms with Crippen LogP contribution in [0.15, 0.2) is 6.20 Å². The minimum atomic E-state index is -0.992. The van der Waals surface area contributed by atoms with Crippen LogP contribution >= 0.6 is 0 Å². The molecule has 1 aliphatic rings. The van der Waals surface area contributed by atoms with Crippen LogP contribution in [0.5, 0.6) is 0 Å². The molecule has 1 atom stereocenters. The molecule has 1 fully saturated rings. The van der Waals surface area contributed by atoms with Crippen molar-refractivity contribution < 1.29 is 19.4 Å². The van der Waals surface area contributed by atoms with Crippen molar-refractivity contribution in [3.63, 3.8) is 0 Å². The summed E-state index contributed by atoms with van der Waals surface area (Å²) in [5.41, 5.74) is 0.517. The smallest absolute Gasteiger partial charge is 0.325 e. The Morgan fingerprint density at radius 2 is 2.38 bits per heavy atom. The number of ether oxygens (including phenoxy) is 1. The van der Waals surface area contributed by atoms with Crippen molar-refractivity contribution in [3.8, 4) is 0 Å². The summed E-state index contributed by atoms with van der Waals surface area (Å²) in [6.07, 6.45) is 2.34. The Kier molecular flexibility index (Phi) is 5.09. The zero-order chi connectivity index (χ0) is 15.2. The predicted molar refractivity (Wildman–Crippen MR) is 71.5 cm³/mol. The second-order valence-electron chi connectivity index (χ2n) is 4.94. The second kappa shape index (κ2) is 7.02. The molecule has 2 N–H and O–H groups in total. The number of carboxylic acids is 1. The van der Waals surface area contributed by atoms with E-state index in [1.807, 2.05) is 6.92 Å². The molecule has 0 saturated carbocycles. The van der Waals surface area contributed by atoms with Gasteiger partial charge in [-0.15, -0.1) is 5.10 Å². The van der Waals surface area contributed by atoms with Crippen molar-refractivity contribution in [2.45, 2.75) is 32.5 Å². The number of amides is 2. The van der Waals surface area contributed by atoms with E-state index in [0.717, 1.165) is 6.42 Å². The third kappa shape index (κ3) is 4.71. The number of nitrogens with one attached hydrogen (secondary N) is 1. The topological polar surface area (TPSA) is 110 Å². The SMILES string of the molecule is CC1CN(C(=O)NCc2cn(CC(=O)O)nn2)CCCO1. The first kappa shape index (κ1) is 15.2. The van der Waals surface area contributed by atoms with Gasteiger partial charge in [0.15, 0.2) is 0 Å². The van der Waals surface area contributed by atoms with E-state index in [-0.39, 0.29) is 25.2 Å². The first-order valence-electron chi connectivity index (χ1n) is 6.80. The predicted octanol–water partition coefficient (Wildman–Crippen LogP) is -0.317. The number of aromatic nitrogens is 3. The molecule has 9 heteroatoms. The van der Waals surface area contributed by atoms with Gasteiger partial charge in [-0.25, -0.2) is 9.48 Å². The van der Waals surface area contributed by atoms with Gasteiger partial charge in [-0.05, 0) is 13.3 Å². The highest BCUT2D eigenvalue weighted by molar-refractivity contribution is 5.74. The molecule has 0 bridgehead atoms. The van der Waals surface area contributed by atoms with E-state index < -0.39 is 5.97 Å². The van der Waals surface area contributed by atoms with Gasteiger partial charge in [0, 0.05) is 19.7 Å². The molecular formula is C12H19N5O4. The molecule has 0 aromatic carbocycles. The fourth-order valence-corrected chi connectivity index (χ4v) is 2.09. The highest BCUT2D eigenvalue weighted by atomic mass is 16.5. The van der Waals surface area contributed by atoms with Crippen molar-refractivity contribution in [2.24, 2.45) is 0 Å². The van der Waals surface area contributed by atoms with Crippen LogP contribution in [0.1, 0.15) is 19.0 Å². The highest BCUT2D eigenvalue weighted by Crippen LogP contribution is 2.05. The van der Waals surface area contributed by atoms with Crippen LogP contribution < -0.4 is 5.32 Å². The Labute approximate surface area is 121 Å². The van der Waals surface area contributed by atoms with Gasteiger partial charge in [0.2, 0.25) is 0 Å². The maximum Gasteiger partial charge on any atom is 0.325 e. The zero-order valence-corrected chi connectivity index (χ0v) is 11.9. The number of nitrogens with zero attached hydrogens (tertiary/aromatic N) is 4. The van der Waals surface area contributed by atoms with E-state index in [1.54, 1.807) is 4.90 Å². The maximum atomic E-state index is 12.1. The molecule has 1 aliphatic heterocycles. The molecule has 1 aromatic rings.